The molecule has 0 radical (unpaired) electrons. The molecule has 1 saturated heterocycles. The van der Waals surface area contributed by atoms with Gasteiger partial charge in [-0.2, -0.15) is 0 Å². The van der Waals surface area contributed by atoms with Gasteiger partial charge in [-0.1, -0.05) is 23.4 Å². The van der Waals surface area contributed by atoms with Crippen LogP contribution in [0.1, 0.15) is 16.1 Å². The molecule has 2 aromatic heterocycles. The van der Waals surface area contributed by atoms with Crippen LogP contribution in [-0.4, -0.2) is 42.2 Å². The van der Waals surface area contributed by atoms with Gasteiger partial charge in [-0.3, -0.25) is 4.79 Å². The smallest absolute Gasteiger partial charge is 0.257 e. The van der Waals surface area contributed by atoms with Gasteiger partial charge in [0.1, 0.15) is 11.6 Å². The fourth-order valence-corrected chi connectivity index (χ4v) is 3.18. The zero-order valence-electron chi connectivity index (χ0n) is 15.1. The molecule has 1 N–H and O–H groups in total. The van der Waals surface area contributed by atoms with Crippen molar-refractivity contribution in [2.45, 2.75) is 6.92 Å². The molecular formula is C20H21N5O2. The van der Waals surface area contributed by atoms with Gasteiger partial charge in [-0.25, -0.2) is 4.98 Å². The SMILES string of the molecule is Cc1cc(NC(=O)c2ccnc(N3CCN(c4ccccc4)CC3)c2)no1. The number of aryl methyl sites for hydroxylation is 1. The van der Waals surface area contributed by atoms with Crippen molar-refractivity contribution in [2.24, 2.45) is 0 Å². The summed E-state index contributed by atoms with van der Waals surface area (Å²) in [5.74, 6) is 1.64. The highest BCUT2D eigenvalue weighted by atomic mass is 16.5. The summed E-state index contributed by atoms with van der Waals surface area (Å²) in [6.07, 6.45) is 1.67. The molecule has 1 amide bonds. The van der Waals surface area contributed by atoms with E-state index in [4.69, 9.17) is 4.52 Å². The van der Waals surface area contributed by atoms with E-state index in [1.54, 1.807) is 25.3 Å². The van der Waals surface area contributed by atoms with Gasteiger partial charge in [0.05, 0.1) is 0 Å². The molecule has 0 saturated carbocycles. The summed E-state index contributed by atoms with van der Waals surface area (Å²) >= 11 is 0. The van der Waals surface area contributed by atoms with Crippen LogP contribution in [0.25, 0.3) is 0 Å². The van der Waals surface area contributed by atoms with Gasteiger partial charge in [-0.05, 0) is 31.2 Å². The van der Waals surface area contributed by atoms with Gasteiger partial charge in [0.2, 0.25) is 0 Å². The number of nitrogens with zero attached hydrogens (tertiary/aromatic N) is 4. The molecule has 1 aliphatic rings. The predicted octanol–water partition coefficient (Wildman–Crippen LogP) is 2.96. The molecule has 1 fully saturated rings. The van der Waals surface area contributed by atoms with Crippen LogP contribution >= 0.6 is 0 Å². The van der Waals surface area contributed by atoms with Crippen molar-refractivity contribution in [1.29, 1.82) is 0 Å². The van der Waals surface area contributed by atoms with Crippen LogP contribution in [0.4, 0.5) is 17.3 Å². The fraction of sp³-hybridized carbons (Fsp3) is 0.250. The van der Waals surface area contributed by atoms with Crippen LogP contribution in [0.3, 0.4) is 0 Å². The number of anilines is 3. The van der Waals surface area contributed by atoms with Crippen molar-refractivity contribution in [2.75, 3.05) is 41.3 Å². The lowest BCUT2D eigenvalue weighted by molar-refractivity contribution is 0.102. The number of carbonyl (C=O) groups excluding carboxylic acids is 1. The average Bonchev–Trinajstić information content (AvgIpc) is 3.13. The second-order valence-corrected chi connectivity index (χ2v) is 6.49. The topological polar surface area (TPSA) is 74.5 Å². The summed E-state index contributed by atoms with van der Waals surface area (Å²) in [7, 11) is 0. The van der Waals surface area contributed by atoms with E-state index in [9.17, 15) is 4.79 Å². The summed E-state index contributed by atoms with van der Waals surface area (Å²) < 4.78 is 4.98. The zero-order chi connectivity index (χ0) is 18.6. The highest BCUT2D eigenvalue weighted by Gasteiger charge is 2.19. The number of benzene rings is 1. The molecule has 0 bridgehead atoms. The number of rotatable bonds is 4. The van der Waals surface area contributed by atoms with Crippen LogP contribution < -0.4 is 15.1 Å². The van der Waals surface area contributed by atoms with E-state index >= 15 is 0 Å². The first-order valence-corrected chi connectivity index (χ1v) is 8.95. The number of para-hydroxylation sites is 1. The maximum atomic E-state index is 12.4. The first-order valence-electron chi connectivity index (χ1n) is 8.95. The van der Waals surface area contributed by atoms with Crippen molar-refractivity contribution >= 4 is 23.2 Å². The van der Waals surface area contributed by atoms with Gasteiger partial charge in [0.15, 0.2) is 5.82 Å². The Morgan fingerprint density at radius 1 is 1.04 bits per heavy atom. The first-order chi connectivity index (χ1) is 13.2. The lowest BCUT2D eigenvalue weighted by Crippen LogP contribution is -2.46. The van der Waals surface area contributed by atoms with Crippen LogP contribution in [0, 0.1) is 6.92 Å². The van der Waals surface area contributed by atoms with Crippen molar-refractivity contribution < 1.29 is 9.32 Å². The monoisotopic (exact) mass is 363 g/mol. The van der Waals surface area contributed by atoms with E-state index in [1.165, 1.54) is 5.69 Å². The number of pyridine rings is 1. The Labute approximate surface area is 157 Å². The van der Waals surface area contributed by atoms with E-state index in [0.29, 0.717) is 17.1 Å². The molecule has 4 rings (SSSR count). The molecule has 7 nitrogen and oxygen atoms in total. The van der Waals surface area contributed by atoms with Crippen molar-refractivity contribution in [1.82, 2.24) is 10.1 Å². The zero-order valence-corrected chi connectivity index (χ0v) is 15.1. The van der Waals surface area contributed by atoms with Gasteiger partial charge in [0, 0.05) is 49.7 Å². The van der Waals surface area contributed by atoms with Crippen molar-refractivity contribution in [3.8, 4) is 0 Å². The molecule has 3 aromatic rings. The molecular weight excluding hydrogens is 342 g/mol. The maximum absolute atomic E-state index is 12.4. The first kappa shape index (κ1) is 17.1. The largest absolute Gasteiger partial charge is 0.368 e. The molecule has 0 aliphatic carbocycles. The standard InChI is InChI=1S/C20H21N5O2/c1-15-13-18(23-27-15)22-20(26)16-7-8-21-19(14-16)25-11-9-24(10-12-25)17-5-3-2-4-6-17/h2-8,13-14H,9-12H2,1H3,(H,22,23,26). The van der Waals surface area contributed by atoms with Crippen LogP contribution in [0.2, 0.25) is 0 Å². The fourth-order valence-electron chi connectivity index (χ4n) is 3.18. The number of piperazine rings is 1. The van der Waals surface area contributed by atoms with Gasteiger partial charge in [-0.15, -0.1) is 0 Å². The number of nitrogens with one attached hydrogen (secondary N) is 1. The summed E-state index contributed by atoms with van der Waals surface area (Å²) in [6.45, 7) is 5.33. The summed E-state index contributed by atoms with van der Waals surface area (Å²) in [5.41, 5.74) is 1.78. The number of hydrogen-bond donors (Lipinski definition) is 1. The molecule has 3 heterocycles. The highest BCUT2D eigenvalue weighted by molar-refractivity contribution is 6.04. The third-order valence-corrected chi connectivity index (χ3v) is 4.60. The van der Waals surface area contributed by atoms with Crippen molar-refractivity contribution in [3.63, 3.8) is 0 Å². The molecule has 0 atom stereocenters. The van der Waals surface area contributed by atoms with E-state index < -0.39 is 0 Å². The quantitative estimate of drug-likeness (QED) is 0.768. The Morgan fingerprint density at radius 3 is 2.48 bits per heavy atom. The average molecular weight is 363 g/mol. The molecule has 27 heavy (non-hydrogen) atoms. The highest BCUT2D eigenvalue weighted by Crippen LogP contribution is 2.20. The number of aromatic nitrogens is 2. The molecule has 138 valence electrons. The predicted molar refractivity (Wildman–Crippen MR) is 104 cm³/mol. The molecule has 1 aliphatic heterocycles. The van der Waals surface area contributed by atoms with Crippen LogP contribution in [-0.2, 0) is 0 Å². The van der Waals surface area contributed by atoms with E-state index in [1.807, 2.05) is 12.1 Å². The summed E-state index contributed by atoms with van der Waals surface area (Å²) in [4.78, 5) is 21.5. The third kappa shape index (κ3) is 3.92. The van der Waals surface area contributed by atoms with Crippen LogP contribution in [0.15, 0.2) is 59.3 Å². The normalized spacial score (nSPS) is 14.3. The Bertz CT molecular complexity index is 917. The molecule has 0 unspecified atom stereocenters. The number of amides is 1. The maximum Gasteiger partial charge on any atom is 0.257 e. The Kier molecular flexibility index (Phi) is 4.74. The van der Waals surface area contributed by atoms with E-state index in [2.05, 4.69) is 49.5 Å². The second-order valence-electron chi connectivity index (χ2n) is 6.49. The van der Waals surface area contributed by atoms with E-state index in [-0.39, 0.29) is 5.91 Å². The Morgan fingerprint density at radius 2 is 1.78 bits per heavy atom. The summed E-state index contributed by atoms with van der Waals surface area (Å²) in [6, 6.07) is 15.6. The number of hydrogen-bond acceptors (Lipinski definition) is 6. The third-order valence-electron chi connectivity index (χ3n) is 4.60. The number of carbonyl (C=O) groups is 1. The molecule has 7 heteroatoms. The molecule has 1 aromatic carbocycles. The van der Waals surface area contributed by atoms with Gasteiger partial charge in [0.25, 0.3) is 5.91 Å². The Balaban J connectivity index is 1.41. The van der Waals surface area contributed by atoms with E-state index in [0.717, 1.165) is 32.0 Å². The Hall–Kier alpha value is -3.35. The van der Waals surface area contributed by atoms with Gasteiger partial charge >= 0.3 is 0 Å². The lowest BCUT2D eigenvalue weighted by Gasteiger charge is -2.36. The van der Waals surface area contributed by atoms with Crippen LogP contribution in [0.5, 0.6) is 0 Å². The van der Waals surface area contributed by atoms with Gasteiger partial charge < -0.3 is 19.6 Å². The lowest BCUT2D eigenvalue weighted by atomic mass is 10.2. The minimum Gasteiger partial charge on any atom is -0.368 e. The van der Waals surface area contributed by atoms with Crippen molar-refractivity contribution in [3.05, 3.63) is 66.1 Å². The summed E-state index contributed by atoms with van der Waals surface area (Å²) in [5, 5.41) is 6.53. The minimum absolute atomic E-state index is 0.227. The second kappa shape index (κ2) is 7.49. The molecule has 0 spiro atoms. The minimum atomic E-state index is -0.227.